The fraction of sp³-hybridized carbons (Fsp3) is 0.850. The fourth-order valence-electron chi connectivity index (χ4n) is 3.45. The Kier molecular flexibility index (Phi) is 11.0. The Hall–Kier alpha value is -1.63. The smallest absolute Gasteiger partial charge is 0.255 e. The van der Waals surface area contributed by atoms with E-state index in [1.165, 1.54) is 0 Å². The summed E-state index contributed by atoms with van der Waals surface area (Å²) in [5, 5.41) is 14.2. The zero-order chi connectivity index (χ0) is 20.1. The van der Waals surface area contributed by atoms with Gasteiger partial charge in [0.1, 0.15) is 5.54 Å². The number of rotatable bonds is 15. The topological polar surface area (TPSA) is 94.5 Å². The first-order valence-corrected chi connectivity index (χ1v) is 10.4. The van der Waals surface area contributed by atoms with Crippen LogP contribution in [0.3, 0.4) is 0 Å². The molecule has 0 saturated carbocycles. The molecule has 0 spiro atoms. The van der Waals surface area contributed by atoms with Crippen LogP contribution in [0.4, 0.5) is 0 Å². The molecule has 0 aliphatic carbocycles. The number of hydrogen-bond donors (Lipinski definition) is 3. The van der Waals surface area contributed by atoms with Gasteiger partial charge in [0, 0.05) is 26.6 Å². The zero-order valence-electron chi connectivity index (χ0n) is 17.4. The van der Waals surface area contributed by atoms with E-state index in [1.54, 1.807) is 12.0 Å². The minimum atomic E-state index is -0.579. The predicted octanol–water partition coefficient (Wildman–Crippen LogP) is 2.80. The average molecular weight is 383 g/mol. The Morgan fingerprint density at radius 3 is 2.41 bits per heavy atom. The highest BCUT2D eigenvalue weighted by Gasteiger charge is 2.47. The van der Waals surface area contributed by atoms with Gasteiger partial charge in [0.2, 0.25) is 5.91 Å². The number of carbonyl (C=O) groups excluding carboxylic acids is 2. The van der Waals surface area contributed by atoms with Gasteiger partial charge in [0.15, 0.2) is 5.96 Å². The summed E-state index contributed by atoms with van der Waals surface area (Å²) in [4.78, 5) is 26.3. The standard InChI is InChI=1S/C20H38N4O3/c1-4-6-12-20(13-7-5-2)18(26)24(19(21)23-20)15-10-8-9-11-17(25)22-14-16-27-3/h4-16H2,1-3H3,(H2,21,23)(H,22,25). The first-order valence-electron chi connectivity index (χ1n) is 10.4. The second-order valence-electron chi connectivity index (χ2n) is 7.37. The van der Waals surface area contributed by atoms with Crippen LogP contribution in [0.2, 0.25) is 0 Å². The van der Waals surface area contributed by atoms with Gasteiger partial charge < -0.3 is 15.4 Å². The van der Waals surface area contributed by atoms with Gasteiger partial charge in [-0.3, -0.25) is 19.9 Å². The van der Waals surface area contributed by atoms with Crippen LogP contribution in [0, 0.1) is 5.41 Å². The number of amides is 2. The minimum absolute atomic E-state index is 0.0388. The lowest BCUT2D eigenvalue weighted by Gasteiger charge is -2.27. The highest BCUT2D eigenvalue weighted by atomic mass is 16.5. The Labute approximate surface area is 164 Å². The molecule has 0 radical (unpaired) electrons. The van der Waals surface area contributed by atoms with Crippen molar-refractivity contribution in [1.82, 2.24) is 15.5 Å². The number of nitrogens with zero attached hydrogens (tertiary/aromatic N) is 1. The molecule has 0 aromatic carbocycles. The maximum atomic E-state index is 13.0. The van der Waals surface area contributed by atoms with E-state index < -0.39 is 5.54 Å². The summed E-state index contributed by atoms with van der Waals surface area (Å²) in [6.07, 6.45) is 8.60. The van der Waals surface area contributed by atoms with Gasteiger partial charge in [-0.1, -0.05) is 46.0 Å². The molecule has 0 aromatic heterocycles. The number of carbonyl (C=O) groups is 2. The molecule has 1 aliphatic rings. The van der Waals surface area contributed by atoms with Crippen LogP contribution in [0.15, 0.2) is 0 Å². The van der Waals surface area contributed by atoms with Crippen molar-refractivity contribution in [2.24, 2.45) is 0 Å². The third-order valence-electron chi connectivity index (χ3n) is 5.11. The van der Waals surface area contributed by atoms with Crippen molar-refractivity contribution in [3.63, 3.8) is 0 Å². The quantitative estimate of drug-likeness (QED) is 0.380. The SMILES string of the molecule is CCCCC1(CCCC)NC(=N)N(CCCCCC(=O)NCCOC)C1=O. The van der Waals surface area contributed by atoms with Crippen LogP contribution < -0.4 is 10.6 Å². The lowest BCUT2D eigenvalue weighted by atomic mass is 9.87. The van der Waals surface area contributed by atoms with Gasteiger partial charge in [0.25, 0.3) is 5.91 Å². The van der Waals surface area contributed by atoms with E-state index in [4.69, 9.17) is 10.1 Å². The minimum Gasteiger partial charge on any atom is -0.383 e. The van der Waals surface area contributed by atoms with E-state index in [9.17, 15) is 9.59 Å². The maximum Gasteiger partial charge on any atom is 0.255 e. The molecular formula is C20H38N4O3. The van der Waals surface area contributed by atoms with Crippen LogP contribution in [0.25, 0.3) is 0 Å². The van der Waals surface area contributed by atoms with E-state index in [1.807, 2.05) is 0 Å². The lowest BCUT2D eigenvalue weighted by molar-refractivity contribution is -0.131. The molecular weight excluding hydrogens is 344 g/mol. The summed E-state index contributed by atoms with van der Waals surface area (Å²) in [7, 11) is 1.61. The lowest BCUT2D eigenvalue weighted by Crippen LogP contribution is -2.47. The second-order valence-corrected chi connectivity index (χ2v) is 7.37. The van der Waals surface area contributed by atoms with Crippen LogP contribution in [-0.2, 0) is 14.3 Å². The summed E-state index contributed by atoms with van der Waals surface area (Å²) in [6, 6.07) is 0. The number of guanidine groups is 1. The third kappa shape index (κ3) is 7.48. The fourth-order valence-corrected chi connectivity index (χ4v) is 3.45. The maximum absolute atomic E-state index is 13.0. The van der Waals surface area contributed by atoms with Crippen molar-refractivity contribution in [2.75, 3.05) is 26.8 Å². The van der Waals surface area contributed by atoms with Crippen LogP contribution in [0.1, 0.15) is 78.1 Å². The number of ether oxygens (including phenoxy) is 1. The Bertz CT molecular complexity index is 474. The summed E-state index contributed by atoms with van der Waals surface area (Å²) < 4.78 is 4.90. The summed E-state index contributed by atoms with van der Waals surface area (Å²) in [6.45, 7) is 5.87. The average Bonchev–Trinajstić information content (AvgIpc) is 2.89. The third-order valence-corrected chi connectivity index (χ3v) is 5.11. The van der Waals surface area contributed by atoms with Gasteiger partial charge in [-0.25, -0.2) is 0 Å². The number of hydrogen-bond acceptors (Lipinski definition) is 4. The van der Waals surface area contributed by atoms with Gasteiger partial charge >= 0.3 is 0 Å². The first kappa shape index (κ1) is 23.4. The number of unbranched alkanes of at least 4 members (excludes halogenated alkanes) is 4. The van der Waals surface area contributed by atoms with Crippen molar-refractivity contribution in [3.05, 3.63) is 0 Å². The van der Waals surface area contributed by atoms with Crippen LogP contribution in [0.5, 0.6) is 0 Å². The van der Waals surface area contributed by atoms with E-state index in [0.717, 1.165) is 57.8 Å². The highest BCUT2D eigenvalue weighted by molar-refractivity contribution is 6.07. The molecule has 0 unspecified atom stereocenters. The molecule has 3 N–H and O–H groups in total. The molecule has 7 nitrogen and oxygen atoms in total. The summed E-state index contributed by atoms with van der Waals surface area (Å²) in [5.41, 5.74) is -0.579. The molecule has 0 aromatic rings. The highest BCUT2D eigenvalue weighted by Crippen LogP contribution is 2.29. The molecule has 2 amide bonds. The molecule has 7 heteroatoms. The van der Waals surface area contributed by atoms with Gasteiger partial charge in [-0.15, -0.1) is 0 Å². The van der Waals surface area contributed by atoms with Crippen molar-refractivity contribution in [3.8, 4) is 0 Å². The van der Waals surface area contributed by atoms with Crippen molar-refractivity contribution < 1.29 is 14.3 Å². The Balaban J connectivity index is 2.40. The van der Waals surface area contributed by atoms with Crippen LogP contribution in [-0.4, -0.2) is 55.0 Å². The second kappa shape index (κ2) is 12.7. The first-order chi connectivity index (χ1) is 13.0. The van der Waals surface area contributed by atoms with E-state index in [2.05, 4.69) is 24.5 Å². The number of methoxy groups -OCH3 is 1. The molecule has 1 saturated heterocycles. The normalized spacial score (nSPS) is 15.9. The summed E-state index contributed by atoms with van der Waals surface area (Å²) in [5.74, 6) is 0.341. The van der Waals surface area contributed by atoms with E-state index in [-0.39, 0.29) is 17.8 Å². The van der Waals surface area contributed by atoms with Crippen LogP contribution >= 0.6 is 0 Å². The Morgan fingerprint density at radius 2 is 1.81 bits per heavy atom. The molecule has 1 rings (SSSR count). The monoisotopic (exact) mass is 382 g/mol. The molecule has 0 atom stereocenters. The largest absolute Gasteiger partial charge is 0.383 e. The van der Waals surface area contributed by atoms with Crippen molar-refractivity contribution in [2.45, 2.75) is 83.6 Å². The zero-order valence-corrected chi connectivity index (χ0v) is 17.4. The number of nitrogens with one attached hydrogen (secondary N) is 3. The molecule has 1 fully saturated rings. The molecule has 1 aliphatic heterocycles. The molecule has 1 heterocycles. The van der Waals surface area contributed by atoms with Gasteiger partial charge in [-0.2, -0.15) is 0 Å². The summed E-state index contributed by atoms with van der Waals surface area (Å²) >= 11 is 0. The van der Waals surface area contributed by atoms with Gasteiger partial charge in [-0.05, 0) is 25.7 Å². The molecule has 0 bridgehead atoms. The molecule has 156 valence electrons. The van der Waals surface area contributed by atoms with E-state index in [0.29, 0.717) is 26.1 Å². The van der Waals surface area contributed by atoms with E-state index >= 15 is 0 Å². The van der Waals surface area contributed by atoms with Gasteiger partial charge in [0.05, 0.1) is 6.61 Å². The predicted molar refractivity (Wildman–Crippen MR) is 108 cm³/mol. The Morgan fingerprint density at radius 1 is 1.15 bits per heavy atom. The van der Waals surface area contributed by atoms with Crippen molar-refractivity contribution >= 4 is 17.8 Å². The van der Waals surface area contributed by atoms with Crippen molar-refractivity contribution in [1.29, 1.82) is 5.41 Å². The molecule has 27 heavy (non-hydrogen) atoms.